The minimum atomic E-state index is -0.385. The first kappa shape index (κ1) is 20.8. The van der Waals surface area contributed by atoms with Crippen molar-refractivity contribution in [2.75, 3.05) is 13.1 Å². The maximum atomic E-state index is 13.0. The average molecular weight is 432 g/mol. The Morgan fingerprint density at radius 3 is 2.30 bits per heavy atom. The smallest absolute Gasteiger partial charge is 0.332 e. The van der Waals surface area contributed by atoms with Crippen molar-refractivity contribution in [3.8, 4) is 0 Å². The van der Waals surface area contributed by atoms with Crippen molar-refractivity contribution < 1.29 is 4.74 Å². The van der Waals surface area contributed by atoms with Gasteiger partial charge in [-0.2, -0.15) is 0 Å². The second kappa shape index (κ2) is 8.02. The van der Waals surface area contributed by atoms with Crippen LogP contribution in [-0.2, 0) is 31.9 Å². The molecule has 0 spiro atoms. The normalized spacial score (nSPS) is 20.2. The monoisotopic (exact) mass is 431 g/mol. The maximum Gasteiger partial charge on any atom is 0.332 e. The van der Waals surface area contributed by atoms with E-state index >= 15 is 0 Å². The number of rotatable bonds is 4. The Hall–Kier alpha value is -2.42. The van der Waals surface area contributed by atoms with Crippen LogP contribution in [0.25, 0.3) is 11.2 Å². The molecule has 0 amide bonds. The van der Waals surface area contributed by atoms with Crippen molar-refractivity contribution in [3.05, 3.63) is 61.5 Å². The summed E-state index contributed by atoms with van der Waals surface area (Å²) in [6.07, 6.45) is 0.250. The lowest BCUT2D eigenvalue weighted by Crippen LogP contribution is -2.45. The molecule has 0 unspecified atom stereocenters. The Kier molecular flexibility index (Phi) is 5.57. The minimum Gasteiger partial charge on any atom is -0.373 e. The fourth-order valence-corrected chi connectivity index (χ4v) is 4.29. The van der Waals surface area contributed by atoms with Crippen LogP contribution in [0.15, 0.2) is 33.9 Å². The van der Waals surface area contributed by atoms with Crippen LogP contribution in [0.2, 0.25) is 5.02 Å². The van der Waals surface area contributed by atoms with Crippen molar-refractivity contribution in [1.29, 1.82) is 0 Å². The molecule has 0 bridgehead atoms. The van der Waals surface area contributed by atoms with E-state index < -0.39 is 0 Å². The van der Waals surface area contributed by atoms with Crippen molar-refractivity contribution in [1.82, 2.24) is 23.6 Å². The molecule has 1 aromatic carbocycles. The SMILES string of the molecule is C[C@@H]1CN(Cc2nc3c(c(=O)n(C)c(=O)n3C)n2Cc2ccc(Cl)cc2)C[C@H](C)O1. The topological polar surface area (TPSA) is 74.3 Å². The molecule has 1 saturated heterocycles. The molecule has 2 aromatic heterocycles. The lowest BCUT2D eigenvalue weighted by molar-refractivity contribution is -0.0712. The number of benzene rings is 1. The van der Waals surface area contributed by atoms with Gasteiger partial charge < -0.3 is 9.30 Å². The van der Waals surface area contributed by atoms with Crippen molar-refractivity contribution in [2.45, 2.75) is 39.1 Å². The maximum absolute atomic E-state index is 13.0. The number of fused-ring (bicyclic) bond motifs is 1. The van der Waals surface area contributed by atoms with Gasteiger partial charge in [-0.25, -0.2) is 9.78 Å². The molecule has 0 saturated carbocycles. The Bertz CT molecular complexity index is 1180. The minimum absolute atomic E-state index is 0.125. The summed E-state index contributed by atoms with van der Waals surface area (Å²) in [6, 6.07) is 7.52. The van der Waals surface area contributed by atoms with Gasteiger partial charge in [0.05, 0.1) is 18.8 Å². The van der Waals surface area contributed by atoms with E-state index in [-0.39, 0.29) is 23.5 Å². The van der Waals surface area contributed by atoms with E-state index in [4.69, 9.17) is 21.3 Å². The molecule has 8 nitrogen and oxygen atoms in total. The number of ether oxygens (including phenoxy) is 1. The van der Waals surface area contributed by atoms with Crippen LogP contribution in [0.4, 0.5) is 0 Å². The third-order valence-electron chi connectivity index (χ3n) is 5.54. The number of nitrogens with zero attached hydrogens (tertiary/aromatic N) is 5. The third-order valence-corrected chi connectivity index (χ3v) is 5.79. The van der Waals surface area contributed by atoms with Crippen LogP contribution >= 0.6 is 11.6 Å². The fraction of sp³-hybridized carbons (Fsp3) is 0.476. The molecule has 2 atom stereocenters. The van der Waals surface area contributed by atoms with E-state index in [1.165, 1.54) is 11.6 Å². The molecule has 1 aliphatic rings. The van der Waals surface area contributed by atoms with Gasteiger partial charge >= 0.3 is 5.69 Å². The Morgan fingerprint density at radius 2 is 1.67 bits per heavy atom. The molecule has 160 valence electrons. The van der Waals surface area contributed by atoms with E-state index in [2.05, 4.69) is 18.7 Å². The summed E-state index contributed by atoms with van der Waals surface area (Å²) in [5.74, 6) is 0.750. The zero-order valence-electron chi connectivity index (χ0n) is 17.6. The first-order valence-electron chi connectivity index (χ1n) is 10.0. The molecule has 1 fully saturated rings. The van der Waals surface area contributed by atoms with Gasteiger partial charge in [-0.1, -0.05) is 23.7 Å². The van der Waals surface area contributed by atoms with Crippen molar-refractivity contribution in [3.63, 3.8) is 0 Å². The predicted octanol–water partition coefficient (Wildman–Crippen LogP) is 1.74. The van der Waals surface area contributed by atoms with Crippen LogP contribution in [0.3, 0.4) is 0 Å². The summed E-state index contributed by atoms with van der Waals surface area (Å²) >= 11 is 6.03. The summed E-state index contributed by atoms with van der Waals surface area (Å²) in [6.45, 7) is 6.71. The van der Waals surface area contributed by atoms with Crippen molar-refractivity contribution in [2.24, 2.45) is 14.1 Å². The lowest BCUT2D eigenvalue weighted by Gasteiger charge is -2.35. The van der Waals surface area contributed by atoms with E-state index in [9.17, 15) is 9.59 Å². The standard InChI is InChI=1S/C21H26ClN5O3/c1-13-9-26(10-14(2)30-13)12-17-23-19-18(20(28)25(4)21(29)24(19)3)27(17)11-15-5-7-16(22)8-6-15/h5-8,13-14H,9-12H2,1-4H3/t13-,14+. The third kappa shape index (κ3) is 3.82. The van der Waals surface area contributed by atoms with Gasteiger partial charge in [-0.05, 0) is 31.5 Å². The largest absolute Gasteiger partial charge is 0.373 e. The summed E-state index contributed by atoms with van der Waals surface area (Å²) in [4.78, 5) is 32.5. The highest BCUT2D eigenvalue weighted by atomic mass is 35.5. The summed E-state index contributed by atoms with van der Waals surface area (Å²) in [5.41, 5.74) is 1.10. The number of halogens is 1. The molecular weight excluding hydrogens is 406 g/mol. The molecular formula is C21H26ClN5O3. The summed E-state index contributed by atoms with van der Waals surface area (Å²) in [7, 11) is 3.14. The van der Waals surface area contributed by atoms with E-state index in [1.807, 2.05) is 28.8 Å². The molecule has 9 heteroatoms. The molecule has 1 aliphatic heterocycles. The highest BCUT2D eigenvalue weighted by molar-refractivity contribution is 6.30. The summed E-state index contributed by atoms with van der Waals surface area (Å²) in [5, 5.41) is 0.657. The first-order chi connectivity index (χ1) is 14.2. The van der Waals surface area contributed by atoms with E-state index in [0.29, 0.717) is 29.3 Å². The van der Waals surface area contributed by atoms with Gasteiger partial charge in [0.15, 0.2) is 11.2 Å². The number of aromatic nitrogens is 4. The quantitative estimate of drug-likeness (QED) is 0.629. The molecule has 0 N–H and O–H groups in total. The zero-order valence-corrected chi connectivity index (χ0v) is 18.4. The first-order valence-corrected chi connectivity index (χ1v) is 10.4. The number of morpholine rings is 1. The molecule has 3 heterocycles. The molecule has 0 aliphatic carbocycles. The van der Waals surface area contributed by atoms with Gasteiger partial charge in [-0.3, -0.25) is 18.8 Å². The second-order valence-corrected chi connectivity index (χ2v) is 8.51. The van der Waals surface area contributed by atoms with Crippen LogP contribution in [0.1, 0.15) is 25.2 Å². The van der Waals surface area contributed by atoms with Crippen LogP contribution in [-0.4, -0.2) is 48.9 Å². The van der Waals surface area contributed by atoms with Crippen LogP contribution < -0.4 is 11.2 Å². The highest BCUT2D eigenvalue weighted by Crippen LogP contribution is 2.19. The van der Waals surface area contributed by atoms with Gasteiger partial charge in [0, 0.05) is 38.8 Å². The van der Waals surface area contributed by atoms with Crippen LogP contribution in [0.5, 0.6) is 0 Å². The Balaban J connectivity index is 1.84. The average Bonchev–Trinajstić information content (AvgIpc) is 3.03. The van der Waals surface area contributed by atoms with Crippen molar-refractivity contribution >= 4 is 22.8 Å². The highest BCUT2D eigenvalue weighted by Gasteiger charge is 2.25. The molecule has 4 rings (SSSR count). The van der Waals surface area contributed by atoms with Gasteiger partial charge in [0.1, 0.15) is 5.82 Å². The lowest BCUT2D eigenvalue weighted by atomic mass is 10.2. The van der Waals surface area contributed by atoms with Gasteiger partial charge in [-0.15, -0.1) is 0 Å². The molecule has 3 aromatic rings. The summed E-state index contributed by atoms with van der Waals surface area (Å²) < 4.78 is 10.3. The Labute approximate surface area is 179 Å². The van der Waals surface area contributed by atoms with Gasteiger partial charge in [0.25, 0.3) is 5.56 Å². The van der Waals surface area contributed by atoms with Crippen LogP contribution in [0, 0.1) is 0 Å². The molecule has 0 radical (unpaired) electrons. The predicted molar refractivity (Wildman–Crippen MR) is 116 cm³/mol. The van der Waals surface area contributed by atoms with E-state index in [1.54, 1.807) is 7.05 Å². The number of imidazole rings is 1. The zero-order chi connectivity index (χ0) is 21.6. The number of hydrogen-bond acceptors (Lipinski definition) is 5. The van der Waals surface area contributed by atoms with Gasteiger partial charge in [0.2, 0.25) is 0 Å². The number of aryl methyl sites for hydroxylation is 1. The number of hydrogen-bond donors (Lipinski definition) is 0. The fourth-order valence-electron chi connectivity index (χ4n) is 4.17. The van der Waals surface area contributed by atoms with E-state index in [0.717, 1.165) is 29.0 Å². The Morgan fingerprint density at radius 1 is 1.03 bits per heavy atom. The second-order valence-electron chi connectivity index (χ2n) is 8.07. The molecule has 30 heavy (non-hydrogen) atoms.